The highest BCUT2D eigenvalue weighted by atomic mass is 79.9. The zero-order chi connectivity index (χ0) is 50.1. The first-order valence-corrected chi connectivity index (χ1v) is 20.5. The van der Waals surface area contributed by atoms with Crippen LogP contribution in [0.4, 0.5) is 46.5 Å². The van der Waals surface area contributed by atoms with Gasteiger partial charge in [-0.2, -0.15) is 26.3 Å². The minimum atomic E-state index is -4.95. The second-order valence-electron chi connectivity index (χ2n) is 13.5. The lowest BCUT2D eigenvalue weighted by Crippen LogP contribution is -2.42. The van der Waals surface area contributed by atoms with Gasteiger partial charge < -0.3 is 14.5 Å². The lowest BCUT2D eigenvalue weighted by atomic mass is 10.2. The van der Waals surface area contributed by atoms with Gasteiger partial charge >= 0.3 is 23.7 Å². The van der Waals surface area contributed by atoms with Crippen LogP contribution in [-0.4, -0.2) is 28.5 Å². The molecule has 0 bridgehead atoms. The summed E-state index contributed by atoms with van der Waals surface area (Å²) in [6.07, 6.45) is -8.64. The molecule has 0 fully saturated rings. The van der Waals surface area contributed by atoms with Gasteiger partial charge in [0.05, 0.1) is 30.2 Å². The first kappa shape index (κ1) is 52.7. The van der Waals surface area contributed by atoms with Gasteiger partial charge in [0.25, 0.3) is 22.5 Å². The number of benzene rings is 4. The second kappa shape index (κ2) is 22.0. The average molecular weight is 1080 g/mol. The molecule has 0 aliphatic heterocycles. The molecule has 16 nitrogen and oxygen atoms in total. The van der Waals surface area contributed by atoms with E-state index in [0.29, 0.717) is 20.3 Å². The number of nitrogens with zero attached hydrogens (tertiary/aromatic N) is 5. The van der Waals surface area contributed by atoms with Crippen LogP contribution >= 0.6 is 31.9 Å². The minimum Gasteiger partial charge on any atom is -0.489 e. The monoisotopic (exact) mass is 1080 g/mol. The molecule has 0 aliphatic carbocycles. The Bertz CT molecular complexity index is 3030. The number of hydrogen-bond donors (Lipinski definition) is 1. The quantitative estimate of drug-likeness (QED) is 0.0739. The van der Waals surface area contributed by atoms with Crippen LogP contribution in [0.25, 0.3) is 11.4 Å². The predicted octanol–water partition coefficient (Wildman–Crippen LogP) is 9.78. The van der Waals surface area contributed by atoms with Crippen LogP contribution in [0.5, 0.6) is 11.5 Å². The molecule has 2 heterocycles. The Kier molecular flexibility index (Phi) is 17.3. The van der Waals surface area contributed by atoms with Gasteiger partial charge in [0.2, 0.25) is 0 Å². The number of hydrogen-bond acceptors (Lipinski definition) is 10. The molecule has 67 heavy (non-hydrogen) atoms. The number of aromatic nitrogens is 4. The molecule has 0 radical (unpaired) electrons. The van der Waals surface area contributed by atoms with E-state index < -0.39 is 85.6 Å². The predicted molar refractivity (Wildman–Crippen MR) is 231 cm³/mol. The summed E-state index contributed by atoms with van der Waals surface area (Å²) in [5.41, 5.74) is -9.18. The summed E-state index contributed by atoms with van der Waals surface area (Å²) in [6.45, 7) is 4.82. The topological polar surface area (TPSA) is 204 Å². The summed E-state index contributed by atoms with van der Waals surface area (Å²) < 4.78 is 119. The van der Waals surface area contributed by atoms with E-state index in [-0.39, 0.29) is 61.7 Å². The number of halogens is 10. The van der Waals surface area contributed by atoms with Crippen molar-refractivity contribution in [2.45, 2.75) is 59.3 Å². The molecule has 0 saturated carbocycles. The van der Waals surface area contributed by atoms with Gasteiger partial charge in [-0.05, 0) is 86.3 Å². The Morgan fingerprint density at radius 3 is 1.43 bits per heavy atom. The highest BCUT2D eigenvalue weighted by Gasteiger charge is 2.36. The SMILES string of the molecule is CCC.CCn1c(C(F)(F)F)cc(=O)n(-c2ccc(OCc3ccc(Br)c([N+](=O)[O-])c3)cc2F)c1=O.O=c1cc(C(F)(F)F)[nH]c(=O)n1-c1ccc(OCc2ccc(Br)c([N+](=O)[O-])c2)cc1F. The summed E-state index contributed by atoms with van der Waals surface area (Å²) in [5.74, 6) is -2.26. The van der Waals surface area contributed by atoms with Crippen molar-refractivity contribution < 1.29 is 54.4 Å². The number of nitro benzene ring substituents is 2. The number of aromatic amines is 1. The fourth-order valence-corrected chi connectivity index (χ4v) is 6.43. The zero-order valence-electron chi connectivity index (χ0n) is 34.5. The lowest BCUT2D eigenvalue weighted by molar-refractivity contribution is -0.385. The van der Waals surface area contributed by atoms with Gasteiger partial charge in [-0.3, -0.25) is 34.4 Å². The highest BCUT2D eigenvalue weighted by molar-refractivity contribution is 9.11. The fraction of sp³-hybridized carbons (Fsp3) is 0.220. The first-order chi connectivity index (χ1) is 31.3. The molecule has 2 aromatic heterocycles. The third-order valence-electron chi connectivity index (χ3n) is 8.58. The van der Waals surface area contributed by atoms with E-state index in [9.17, 15) is 74.5 Å². The van der Waals surface area contributed by atoms with Gasteiger partial charge in [0, 0.05) is 42.9 Å². The first-order valence-electron chi connectivity index (χ1n) is 18.9. The Morgan fingerprint density at radius 1 is 0.627 bits per heavy atom. The largest absolute Gasteiger partial charge is 0.489 e. The van der Waals surface area contributed by atoms with E-state index in [1.54, 1.807) is 12.1 Å². The van der Waals surface area contributed by atoms with Crippen molar-refractivity contribution in [3.63, 3.8) is 0 Å². The Hall–Kier alpha value is -6.96. The van der Waals surface area contributed by atoms with Crippen LogP contribution in [0, 0.1) is 31.9 Å². The van der Waals surface area contributed by atoms with Gasteiger partial charge in [-0.25, -0.2) is 27.5 Å². The number of ether oxygens (including phenoxy) is 2. The standard InChI is InChI=1S/C20H14BrF4N3O5.C18H10BrF4N3O5.C3H8/c1-2-26-17(20(23,24)25)9-18(29)27(19(26)30)15-6-4-12(8-14(15)22)33-10-11-3-5-13(21)16(7-11)28(31)32;19-11-3-1-9(5-14(11)26(29)30)8-31-10-2-4-13(12(20)6-10)25-16(27)7-15(18(21,22)23)24-17(25)28;1-3-2/h3-9H,2,10H2,1H3;1-7H,8H2,(H,24,28);3H2,1-2H3. The Morgan fingerprint density at radius 2 is 1.06 bits per heavy atom. The van der Waals surface area contributed by atoms with Gasteiger partial charge in [0.15, 0.2) is 11.6 Å². The molecular weight excluding hydrogens is 1050 g/mol. The molecule has 6 aromatic rings. The van der Waals surface area contributed by atoms with Gasteiger partial charge in [-0.1, -0.05) is 32.4 Å². The van der Waals surface area contributed by atoms with E-state index in [1.807, 2.05) is 0 Å². The maximum Gasteiger partial charge on any atom is 0.431 e. The number of H-pyrrole nitrogens is 1. The lowest BCUT2D eigenvalue weighted by Gasteiger charge is -2.16. The zero-order valence-corrected chi connectivity index (χ0v) is 37.7. The van der Waals surface area contributed by atoms with Crippen molar-refractivity contribution in [2.75, 3.05) is 0 Å². The molecule has 0 aliphatic rings. The Labute approximate surface area is 387 Å². The van der Waals surface area contributed by atoms with E-state index in [1.165, 1.54) is 54.7 Å². The third-order valence-corrected chi connectivity index (χ3v) is 9.93. The smallest absolute Gasteiger partial charge is 0.431 e. The van der Waals surface area contributed by atoms with E-state index in [0.717, 1.165) is 24.3 Å². The van der Waals surface area contributed by atoms with Crippen molar-refractivity contribution in [2.24, 2.45) is 0 Å². The molecule has 4 aromatic carbocycles. The third kappa shape index (κ3) is 13.1. The maximum absolute atomic E-state index is 14.7. The highest BCUT2D eigenvalue weighted by Crippen LogP contribution is 2.30. The van der Waals surface area contributed by atoms with E-state index >= 15 is 0 Å². The summed E-state index contributed by atoms with van der Waals surface area (Å²) in [6, 6.07) is 15.0. The average Bonchev–Trinajstić information content (AvgIpc) is 3.23. The molecule has 0 saturated heterocycles. The van der Waals surface area contributed by atoms with Gasteiger partial charge in [0.1, 0.15) is 36.1 Å². The molecule has 0 atom stereocenters. The van der Waals surface area contributed by atoms with Crippen molar-refractivity contribution in [1.29, 1.82) is 0 Å². The van der Waals surface area contributed by atoms with Crippen LogP contribution in [0.2, 0.25) is 0 Å². The van der Waals surface area contributed by atoms with Crippen LogP contribution < -0.4 is 32.0 Å². The fourth-order valence-electron chi connectivity index (χ4n) is 5.64. The molecule has 0 amide bonds. The maximum atomic E-state index is 14.7. The molecule has 0 spiro atoms. The number of nitrogens with one attached hydrogen (secondary N) is 1. The van der Waals surface area contributed by atoms with E-state index in [4.69, 9.17) is 9.47 Å². The van der Waals surface area contributed by atoms with Crippen LogP contribution in [0.3, 0.4) is 0 Å². The molecule has 0 unspecified atom stereocenters. The van der Waals surface area contributed by atoms with Crippen molar-refractivity contribution in [3.8, 4) is 22.9 Å². The minimum absolute atomic E-state index is 0.0300. The normalized spacial score (nSPS) is 11.2. The van der Waals surface area contributed by atoms with E-state index in [2.05, 4.69) is 45.7 Å². The number of alkyl halides is 6. The van der Waals surface area contributed by atoms with Crippen molar-refractivity contribution in [1.82, 2.24) is 18.7 Å². The van der Waals surface area contributed by atoms with Crippen LogP contribution in [0.1, 0.15) is 49.7 Å². The molecule has 356 valence electrons. The summed E-state index contributed by atoms with van der Waals surface area (Å²) in [5, 5.41) is 22.0. The molecule has 26 heteroatoms. The van der Waals surface area contributed by atoms with Crippen LogP contribution in [0.15, 0.2) is 113 Å². The summed E-state index contributed by atoms with van der Waals surface area (Å²) in [7, 11) is 0. The van der Waals surface area contributed by atoms with Crippen molar-refractivity contribution in [3.05, 3.63) is 190 Å². The number of nitro groups is 2. The summed E-state index contributed by atoms with van der Waals surface area (Å²) in [4.78, 5) is 70.9. The van der Waals surface area contributed by atoms with Crippen LogP contribution in [-0.2, 0) is 32.1 Å². The number of rotatable bonds is 11. The summed E-state index contributed by atoms with van der Waals surface area (Å²) >= 11 is 6.10. The van der Waals surface area contributed by atoms with Crippen molar-refractivity contribution >= 4 is 43.2 Å². The Balaban J connectivity index is 0.000000277. The van der Waals surface area contributed by atoms with Gasteiger partial charge in [-0.15, -0.1) is 0 Å². The molecule has 6 rings (SSSR count). The molecule has 1 N–H and O–H groups in total. The molecular formula is C41H32Br2F8N6O10. The second-order valence-corrected chi connectivity index (χ2v) is 15.2.